The Morgan fingerprint density at radius 2 is 2.00 bits per heavy atom. The number of carbonyl (C=O) groups is 1. The van der Waals surface area contributed by atoms with Gasteiger partial charge in [-0.2, -0.15) is 0 Å². The Kier molecular flexibility index (Phi) is 3.50. The molecule has 1 heterocycles. The second kappa shape index (κ2) is 4.47. The number of aromatic amines is 1. The van der Waals surface area contributed by atoms with Crippen LogP contribution in [0.3, 0.4) is 0 Å². The third-order valence-corrected chi connectivity index (χ3v) is 2.46. The number of imidazole rings is 1. The molecule has 15 heavy (non-hydrogen) atoms. The summed E-state index contributed by atoms with van der Waals surface area (Å²) < 4.78 is 0. The van der Waals surface area contributed by atoms with Crippen molar-refractivity contribution in [3.63, 3.8) is 0 Å². The molecule has 0 aliphatic heterocycles. The van der Waals surface area contributed by atoms with Gasteiger partial charge in [0.1, 0.15) is 11.7 Å². The van der Waals surface area contributed by atoms with Gasteiger partial charge in [0.25, 0.3) is 0 Å². The molecular weight excluding hydrogens is 192 g/mol. The van der Waals surface area contributed by atoms with Crippen LogP contribution in [-0.2, 0) is 4.79 Å². The highest BCUT2D eigenvalue weighted by Crippen LogP contribution is 2.23. The Bertz CT molecular complexity index is 342. The van der Waals surface area contributed by atoms with E-state index in [1.807, 2.05) is 27.7 Å². The number of hydrogen-bond donors (Lipinski definition) is 2. The summed E-state index contributed by atoms with van der Waals surface area (Å²) in [5, 5.41) is 9.08. The van der Waals surface area contributed by atoms with Gasteiger partial charge in [-0.3, -0.25) is 4.79 Å². The van der Waals surface area contributed by atoms with Crippen LogP contribution < -0.4 is 0 Å². The summed E-state index contributed by atoms with van der Waals surface area (Å²) in [4.78, 5) is 18.3. The summed E-state index contributed by atoms with van der Waals surface area (Å²) in [5.74, 6) is -0.435. The van der Waals surface area contributed by atoms with E-state index >= 15 is 0 Å². The Hall–Kier alpha value is -1.32. The van der Waals surface area contributed by atoms with Crippen LogP contribution in [0.1, 0.15) is 51.0 Å². The molecule has 1 unspecified atom stereocenters. The molecular formula is C11H18N2O2. The fourth-order valence-electron chi connectivity index (χ4n) is 1.52. The largest absolute Gasteiger partial charge is 0.481 e. The summed E-state index contributed by atoms with van der Waals surface area (Å²) in [7, 11) is 0. The molecule has 0 saturated carbocycles. The van der Waals surface area contributed by atoms with Gasteiger partial charge in [-0.25, -0.2) is 4.98 Å². The first kappa shape index (κ1) is 11.8. The number of carboxylic acid groups (broad SMARTS) is 1. The molecule has 1 rings (SSSR count). The lowest BCUT2D eigenvalue weighted by molar-refractivity contribution is -0.140. The van der Waals surface area contributed by atoms with Crippen molar-refractivity contribution in [3.05, 3.63) is 17.7 Å². The van der Waals surface area contributed by atoms with Crippen LogP contribution in [0.2, 0.25) is 0 Å². The van der Waals surface area contributed by atoms with E-state index in [1.54, 1.807) is 6.20 Å². The molecule has 0 bridgehead atoms. The van der Waals surface area contributed by atoms with Crippen LogP contribution in [0.4, 0.5) is 0 Å². The predicted octanol–water partition coefficient (Wildman–Crippen LogP) is 2.36. The SMILES string of the molecule is CC(C)c1cnc(C(C(=O)O)C(C)C)[nH]1. The Labute approximate surface area is 89.7 Å². The molecule has 0 radical (unpaired) electrons. The van der Waals surface area contributed by atoms with Crippen LogP contribution in [0.15, 0.2) is 6.20 Å². The molecule has 4 nitrogen and oxygen atoms in total. The van der Waals surface area contributed by atoms with Crippen LogP contribution in [0.5, 0.6) is 0 Å². The van der Waals surface area contributed by atoms with E-state index < -0.39 is 11.9 Å². The fourth-order valence-corrected chi connectivity index (χ4v) is 1.52. The zero-order valence-electron chi connectivity index (χ0n) is 9.61. The smallest absolute Gasteiger partial charge is 0.314 e. The zero-order chi connectivity index (χ0) is 11.6. The van der Waals surface area contributed by atoms with Crippen LogP contribution in [0, 0.1) is 5.92 Å². The molecule has 0 aromatic carbocycles. The maximum absolute atomic E-state index is 11.1. The van der Waals surface area contributed by atoms with E-state index in [0.717, 1.165) is 5.69 Å². The number of nitrogens with zero attached hydrogens (tertiary/aromatic N) is 1. The van der Waals surface area contributed by atoms with Gasteiger partial charge in [-0.1, -0.05) is 27.7 Å². The first-order valence-corrected chi connectivity index (χ1v) is 5.21. The summed E-state index contributed by atoms with van der Waals surface area (Å²) in [6.07, 6.45) is 1.72. The van der Waals surface area contributed by atoms with Crippen molar-refractivity contribution < 1.29 is 9.90 Å². The van der Waals surface area contributed by atoms with Gasteiger partial charge in [0.15, 0.2) is 0 Å². The molecule has 0 aliphatic carbocycles. The number of hydrogen-bond acceptors (Lipinski definition) is 2. The molecule has 1 atom stereocenters. The fraction of sp³-hybridized carbons (Fsp3) is 0.636. The monoisotopic (exact) mass is 210 g/mol. The lowest BCUT2D eigenvalue weighted by Gasteiger charge is -2.13. The van der Waals surface area contributed by atoms with Crippen molar-refractivity contribution in [2.75, 3.05) is 0 Å². The molecule has 0 fully saturated rings. The van der Waals surface area contributed by atoms with E-state index in [0.29, 0.717) is 11.7 Å². The first-order chi connectivity index (χ1) is 6.93. The van der Waals surface area contributed by atoms with E-state index in [1.165, 1.54) is 0 Å². The van der Waals surface area contributed by atoms with Crippen molar-refractivity contribution >= 4 is 5.97 Å². The molecule has 0 saturated heterocycles. The Morgan fingerprint density at radius 3 is 2.33 bits per heavy atom. The molecule has 4 heteroatoms. The van der Waals surface area contributed by atoms with E-state index in [2.05, 4.69) is 9.97 Å². The average molecular weight is 210 g/mol. The third-order valence-electron chi connectivity index (χ3n) is 2.46. The summed E-state index contributed by atoms with van der Waals surface area (Å²) >= 11 is 0. The van der Waals surface area contributed by atoms with Crippen molar-refractivity contribution in [1.82, 2.24) is 9.97 Å². The minimum atomic E-state index is -0.824. The van der Waals surface area contributed by atoms with Crippen LogP contribution >= 0.6 is 0 Å². The molecule has 0 spiro atoms. The first-order valence-electron chi connectivity index (χ1n) is 5.21. The van der Waals surface area contributed by atoms with E-state index in [-0.39, 0.29) is 5.92 Å². The van der Waals surface area contributed by atoms with Crippen molar-refractivity contribution in [1.29, 1.82) is 0 Å². The number of nitrogens with one attached hydrogen (secondary N) is 1. The molecule has 0 aliphatic rings. The van der Waals surface area contributed by atoms with Gasteiger partial charge in [0, 0.05) is 11.9 Å². The minimum Gasteiger partial charge on any atom is -0.481 e. The second-order valence-corrected chi connectivity index (χ2v) is 4.44. The third kappa shape index (κ3) is 2.58. The molecule has 84 valence electrons. The number of H-pyrrole nitrogens is 1. The van der Waals surface area contributed by atoms with E-state index in [4.69, 9.17) is 5.11 Å². The van der Waals surface area contributed by atoms with Gasteiger partial charge in [0.05, 0.1) is 0 Å². The molecule has 2 N–H and O–H groups in total. The average Bonchev–Trinajstić information content (AvgIpc) is 2.51. The summed E-state index contributed by atoms with van der Waals surface area (Å²) in [6.45, 7) is 7.86. The van der Waals surface area contributed by atoms with Gasteiger partial charge >= 0.3 is 5.97 Å². The van der Waals surface area contributed by atoms with Gasteiger partial charge < -0.3 is 10.1 Å². The van der Waals surface area contributed by atoms with Crippen LogP contribution in [0.25, 0.3) is 0 Å². The normalized spacial score (nSPS) is 13.5. The molecule has 1 aromatic heterocycles. The van der Waals surface area contributed by atoms with Gasteiger partial charge in [-0.05, 0) is 11.8 Å². The quantitative estimate of drug-likeness (QED) is 0.801. The van der Waals surface area contributed by atoms with Gasteiger partial charge in [0.2, 0.25) is 0 Å². The maximum Gasteiger partial charge on any atom is 0.314 e. The number of aromatic nitrogens is 2. The summed E-state index contributed by atoms with van der Waals surface area (Å²) in [5.41, 5.74) is 0.983. The van der Waals surface area contributed by atoms with Crippen molar-refractivity contribution in [2.24, 2.45) is 5.92 Å². The highest BCUT2D eigenvalue weighted by Gasteiger charge is 2.26. The summed E-state index contributed by atoms with van der Waals surface area (Å²) in [6, 6.07) is 0. The van der Waals surface area contributed by atoms with Crippen LogP contribution in [-0.4, -0.2) is 21.0 Å². The Balaban J connectivity index is 2.97. The lowest BCUT2D eigenvalue weighted by Crippen LogP contribution is -2.18. The number of carboxylic acids is 1. The zero-order valence-corrected chi connectivity index (χ0v) is 9.61. The van der Waals surface area contributed by atoms with E-state index in [9.17, 15) is 4.79 Å². The Morgan fingerprint density at radius 1 is 1.40 bits per heavy atom. The lowest BCUT2D eigenvalue weighted by atomic mass is 9.95. The second-order valence-electron chi connectivity index (χ2n) is 4.44. The highest BCUT2D eigenvalue weighted by molar-refractivity contribution is 5.75. The molecule has 1 aromatic rings. The highest BCUT2D eigenvalue weighted by atomic mass is 16.4. The maximum atomic E-state index is 11.1. The number of rotatable bonds is 4. The van der Waals surface area contributed by atoms with Crippen molar-refractivity contribution in [3.8, 4) is 0 Å². The standard InChI is InChI=1S/C11H18N2O2/c1-6(2)8-5-12-10(13-8)9(7(3)4)11(14)15/h5-7,9H,1-4H3,(H,12,13)(H,14,15). The predicted molar refractivity (Wildman–Crippen MR) is 57.9 cm³/mol. The van der Waals surface area contributed by atoms with Crippen molar-refractivity contribution in [2.45, 2.75) is 39.5 Å². The topological polar surface area (TPSA) is 66.0 Å². The van der Waals surface area contributed by atoms with Gasteiger partial charge in [-0.15, -0.1) is 0 Å². The molecule has 0 amide bonds. The minimum absolute atomic E-state index is 0.0358. The number of aliphatic carboxylic acids is 1.